The van der Waals surface area contributed by atoms with Crippen LogP contribution >= 0.6 is 0 Å². The lowest BCUT2D eigenvalue weighted by atomic mass is 10.0. The molecule has 0 bridgehead atoms. The molecule has 1 aliphatic rings. The molecule has 0 unspecified atom stereocenters. The Labute approximate surface area is 157 Å². The van der Waals surface area contributed by atoms with Crippen LogP contribution < -0.4 is 5.32 Å². The average Bonchev–Trinajstić information content (AvgIpc) is 3.38. The summed E-state index contributed by atoms with van der Waals surface area (Å²) in [5.41, 5.74) is 2.50. The molecule has 1 fully saturated rings. The van der Waals surface area contributed by atoms with E-state index in [-0.39, 0.29) is 11.8 Å². The number of H-pyrrole nitrogens is 1. The summed E-state index contributed by atoms with van der Waals surface area (Å²) in [6.07, 6.45) is 7.54. The van der Waals surface area contributed by atoms with Gasteiger partial charge in [-0.2, -0.15) is 0 Å². The van der Waals surface area contributed by atoms with Crippen molar-refractivity contribution in [2.75, 3.05) is 13.1 Å². The lowest BCUT2D eigenvalue weighted by molar-refractivity contribution is -0.132. The lowest BCUT2D eigenvalue weighted by Gasteiger charge is -2.24. The molecule has 6 heteroatoms. The fourth-order valence-electron chi connectivity index (χ4n) is 3.62. The maximum absolute atomic E-state index is 13.1. The third-order valence-electron chi connectivity index (χ3n) is 5.04. The molecule has 2 amide bonds. The van der Waals surface area contributed by atoms with Crippen molar-refractivity contribution in [3.8, 4) is 0 Å². The third kappa shape index (κ3) is 3.69. The Balaban J connectivity index is 1.59. The molecule has 3 heterocycles. The minimum absolute atomic E-state index is 0.0185. The first-order chi connectivity index (χ1) is 13.2. The normalized spacial score (nSPS) is 15.0. The Morgan fingerprint density at radius 3 is 2.74 bits per heavy atom. The third-order valence-corrected chi connectivity index (χ3v) is 5.04. The molecule has 4 rings (SSSR count). The second kappa shape index (κ2) is 7.61. The highest BCUT2D eigenvalue weighted by atomic mass is 16.2. The van der Waals surface area contributed by atoms with Crippen LogP contribution in [-0.2, 0) is 11.2 Å². The van der Waals surface area contributed by atoms with E-state index in [1.54, 1.807) is 18.3 Å². The summed E-state index contributed by atoms with van der Waals surface area (Å²) in [6, 6.07) is 10.8. The zero-order chi connectivity index (χ0) is 18.6. The van der Waals surface area contributed by atoms with Crippen molar-refractivity contribution in [3.05, 3.63) is 66.1 Å². The number of aromatic nitrogens is 2. The van der Waals surface area contributed by atoms with Crippen molar-refractivity contribution >= 4 is 22.7 Å². The smallest absolute Gasteiger partial charge is 0.253 e. The molecule has 2 N–H and O–H groups in total. The van der Waals surface area contributed by atoms with Crippen LogP contribution in [0.1, 0.15) is 28.8 Å². The van der Waals surface area contributed by atoms with Crippen LogP contribution in [0.25, 0.3) is 10.9 Å². The fraction of sp³-hybridized carbons (Fsp3) is 0.286. The van der Waals surface area contributed by atoms with Gasteiger partial charge in [-0.1, -0.05) is 18.2 Å². The molecule has 27 heavy (non-hydrogen) atoms. The monoisotopic (exact) mass is 362 g/mol. The SMILES string of the molecule is O=C(N[C@@H](Cc1c[nH]c2ccccc12)C(=O)N1CCCC1)c1cccnc1. The minimum atomic E-state index is -0.602. The Kier molecular flexibility index (Phi) is 4.87. The molecule has 138 valence electrons. The van der Waals surface area contributed by atoms with Crippen LogP contribution in [0.3, 0.4) is 0 Å². The maximum Gasteiger partial charge on any atom is 0.253 e. The van der Waals surface area contributed by atoms with E-state index >= 15 is 0 Å². The Hall–Kier alpha value is -3.15. The maximum atomic E-state index is 13.1. The van der Waals surface area contributed by atoms with Gasteiger partial charge < -0.3 is 15.2 Å². The topological polar surface area (TPSA) is 78.1 Å². The number of pyridine rings is 1. The van der Waals surface area contributed by atoms with Gasteiger partial charge in [-0.3, -0.25) is 14.6 Å². The highest BCUT2D eigenvalue weighted by Gasteiger charge is 2.29. The predicted molar refractivity (Wildman–Crippen MR) is 103 cm³/mol. The summed E-state index contributed by atoms with van der Waals surface area (Å²) >= 11 is 0. The standard InChI is InChI=1S/C21H22N4O2/c26-20(15-6-5-9-22-13-15)24-19(21(27)25-10-3-4-11-25)12-16-14-23-18-8-2-1-7-17(16)18/h1-2,5-9,13-14,19,23H,3-4,10-12H2,(H,24,26)/t19-/m0/s1. The zero-order valence-corrected chi connectivity index (χ0v) is 15.0. The molecule has 2 aromatic heterocycles. The van der Waals surface area contributed by atoms with E-state index in [1.807, 2.05) is 35.4 Å². The van der Waals surface area contributed by atoms with Gasteiger partial charge in [0.15, 0.2) is 0 Å². The number of likely N-dealkylation sites (tertiary alicyclic amines) is 1. The van der Waals surface area contributed by atoms with Gasteiger partial charge in [-0.15, -0.1) is 0 Å². The van der Waals surface area contributed by atoms with Crippen LogP contribution in [0.15, 0.2) is 55.0 Å². The Morgan fingerprint density at radius 2 is 1.96 bits per heavy atom. The molecule has 1 saturated heterocycles. The molecule has 0 aliphatic carbocycles. The highest BCUT2D eigenvalue weighted by Crippen LogP contribution is 2.20. The first kappa shape index (κ1) is 17.3. The van der Waals surface area contributed by atoms with E-state index in [0.29, 0.717) is 12.0 Å². The number of carbonyl (C=O) groups is 2. The minimum Gasteiger partial charge on any atom is -0.361 e. The number of benzene rings is 1. The van der Waals surface area contributed by atoms with Gasteiger partial charge in [0.05, 0.1) is 5.56 Å². The zero-order valence-electron chi connectivity index (χ0n) is 15.0. The van der Waals surface area contributed by atoms with E-state index in [1.165, 1.54) is 6.20 Å². The van der Waals surface area contributed by atoms with Crippen LogP contribution in [0.5, 0.6) is 0 Å². The second-order valence-electron chi connectivity index (χ2n) is 6.86. The molecule has 1 aromatic carbocycles. The number of para-hydroxylation sites is 1. The summed E-state index contributed by atoms with van der Waals surface area (Å²) in [6.45, 7) is 1.51. The number of hydrogen-bond acceptors (Lipinski definition) is 3. The van der Waals surface area contributed by atoms with Gasteiger partial charge in [-0.05, 0) is 36.6 Å². The number of carbonyl (C=O) groups excluding carboxylic acids is 2. The van der Waals surface area contributed by atoms with E-state index < -0.39 is 6.04 Å². The van der Waals surface area contributed by atoms with Gasteiger partial charge in [0.1, 0.15) is 6.04 Å². The fourth-order valence-corrected chi connectivity index (χ4v) is 3.62. The van der Waals surface area contributed by atoms with Gasteiger partial charge in [0, 0.05) is 49.0 Å². The number of fused-ring (bicyclic) bond motifs is 1. The van der Waals surface area contributed by atoms with Crippen molar-refractivity contribution in [1.82, 2.24) is 20.2 Å². The van der Waals surface area contributed by atoms with Gasteiger partial charge in [-0.25, -0.2) is 0 Å². The van der Waals surface area contributed by atoms with Gasteiger partial charge in [0.2, 0.25) is 5.91 Å². The quantitative estimate of drug-likeness (QED) is 0.732. The Morgan fingerprint density at radius 1 is 1.15 bits per heavy atom. The summed E-state index contributed by atoms with van der Waals surface area (Å²) in [7, 11) is 0. The molecule has 6 nitrogen and oxygen atoms in total. The first-order valence-electron chi connectivity index (χ1n) is 9.27. The molecule has 0 spiro atoms. The average molecular weight is 362 g/mol. The van der Waals surface area contributed by atoms with Crippen molar-refractivity contribution < 1.29 is 9.59 Å². The van der Waals surface area contributed by atoms with Gasteiger partial charge >= 0.3 is 0 Å². The molecule has 3 aromatic rings. The molecule has 1 atom stereocenters. The van der Waals surface area contributed by atoms with Crippen LogP contribution in [0.4, 0.5) is 0 Å². The largest absolute Gasteiger partial charge is 0.361 e. The summed E-state index contributed by atoms with van der Waals surface area (Å²) < 4.78 is 0. The second-order valence-corrected chi connectivity index (χ2v) is 6.86. The molecule has 0 radical (unpaired) electrons. The van der Waals surface area contributed by atoms with Crippen LogP contribution in [-0.4, -0.2) is 45.8 Å². The van der Waals surface area contributed by atoms with E-state index in [9.17, 15) is 9.59 Å². The van der Waals surface area contributed by atoms with Crippen LogP contribution in [0, 0.1) is 0 Å². The van der Waals surface area contributed by atoms with Gasteiger partial charge in [0.25, 0.3) is 5.91 Å². The molecular formula is C21H22N4O2. The number of amides is 2. The van der Waals surface area contributed by atoms with Crippen molar-refractivity contribution in [1.29, 1.82) is 0 Å². The lowest BCUT2D eigenvalue weighted by Crippen LogP contribution is -2.49. The van der Waals surface area contributed by atoms with Crippen LogP contribution in [0.2, 0.25) is 0 Å². The number of aromatic amines is 1. The highest BCUT2D eigenvalue weighted by molar-refractivity contribution is 5.97. The van der Waals surface area contributed by atoms with E-state index in [0.717, 1.165) is 42.4 Å². The molecular weight excluding hydrogens is 340 g/mol. The van der Waals surface area contributed by atoms with Crippen molar-refractivity contribution in [3.63, 3.8) is 0 Å². The summed E-state index contributed by atoms with van der Waals surface area (Å²) in [5.74, 6) is -0.296. The molecule has 1 aliphatic heterocycles. The number of nitrogens with one attached hydrogen (secondary N) is 2. The first-order valence-corrected chi connectivity index (χ1v) is 9.27. The van der Waals surface area contributed by atoms with E-state index in [4.69, 9.17) is 0 Å². The van der Waals surface area contributed by atoms with E-state index in [2.05, 4.69) is 15.3 Å². The summed E-state index contributed by atoms with van der Waals surface area (Å²) in [5, 5.41) is 4.01. The Bertz CT molecular complexity index is 945. The van der Waals surface area contributed by atoms with Crippen molar-refractivity contribution in [2.45, 2.75) is 25.3 Å². The number of rotatable bonds is 5. The number of hydrogen-bond donors (Lipinski definition) is 2. The molecule has 0 saturated carbocycles. The summed E-state index contributed by atoms with van der Waals surface area (Å²) in [4.78, 5) is 34.8. The number of nitrogens with zero attached hydrogens (tertiary/aromatic N) is 2. The predicted octanol–water partition coefficient (Wildman–Crippen LogP) is 2.53. The van der Waals surface area contributed by atoms with Crippen molar-refractivity contribution in [2.24, 2.45) is 0 Å².